The van der Waals surface area contributed by atoms with Gasteiger partial charge in [-0.25, -0.2) is 0 Å². The standard InChI is InChI=1S/C11H15N3/c1-14-10(7-13)5-8-3-2-4-9(6-12)11(8)14/h2-5H,6-7,12-13H2,1H3. The first-order valence-corrected chi connectivity index (χ1v) is 4.74. The smallest absolute Gasteiger partial charge is 0.0525 e. The molecule has 0 spiro atoms. The number of benzene rings is 1. The van der Waals surface area contributed by atoms with Crippen molar-refractivity contribution in [1.29, 1.82) is 0 Å². The topological polar surface area (TPSA) is 57.0 Å². The highest BCUT2D eigenvalue weighted by Gasteiger charge is 2.06. The van der Waals surface area contributed by atoms with E-state index < -0.39 is 0 Å². The third-order valence-corrected chi connectivity index (χ3v) is 2.67. The molecule has 0 atom stereocenters. The van der Waals surface area contributed by atoms with Gasteiger partial charge in [0.25, 0.3) is 0 Å². The highest BCUT2D eigenvalue weighted by Crippen LogP contribution is 2.21. The van der Waals surface area contributed by atoms with Gasteiger partial charge in [-0.05, 0) is 11.6 Å². The lowest BCUT2D eigenvalue weighted by Gasteiger charge is -2.05. The summed E-state index contributed by atoms with van der Waals surface area (Å²) < 4.78 is 2.12. The van der Waals surface area contributed by atoms with E-state index >= 15 is 0 Å². The average Bonchev–Trinajstić information content (AvgIpc) is 2.55. The quantitative estimate of drug-likeness (QED) is 0.743. The number of para-hydroxylation sites is 1. The van der Waals surface area contributed by atoms with E-state index in [9.17, 15) is 0 Å². The summed E-state index contributed by atoms with van der Waals surface area (Å²) in [5.74, 6) is 0. The summed E-state index contributed by atoms with van der Waals surface area (Å²) in [4.78, 5) is 0. The molecule has 1 aromatic heterocycles. The average molecular weight is 189 g/mol. The summed E-state index contributed by atoms with van der Waals surface area (Å²) in [6, 6.07) is 8.30. The van der Waals surface area contributed by atoms with Crippen LogP contribution in [0.1, 0.15) is 11.3 Å². The van der Waals surface area contributed by atoms with E-state index in [1.807, 2.05) is 13.1 Å². The zero-order valence-corrected chi connectivity index (χ0v) is 8.33. The van der Waals surface area contributed by atoms with E-state index in [2.05, 4.69) is 22.8 Å². The zero-order valence-electron chi connectivity index (χ0n) is 8.33. The second-order valence-corrected chi connectivity index (χ2v) is 3.46. The van der Waals surface area contributed by atoms with Crippen molar-refractivity contribution >= 4 is 10.9 Å². The SMILES string of the molecule is Cn1c(CN)cc2cccc(CN)c21. The third kappa shape index (κ3) is 1.22. The van der Waals surface area contributed by atoms with Crippen LogP contribution in [0, 0.1) is 0 Å². The van der Waals surface area contributed by atoms with Crippen molar-refractivity contribution in [2.24, 2.45) is 18.5 Å². The molecule has 2 rings (SSSR count). The predicted molar refractivity (Wildman–Crippen MR) is 58.7 cm³/mol. The van der Waals surface area contributed by atoms with Crippen molar-refractivity contribution in [3.63, 3.8) is 0 Å². The summed E-state index contributed by atoms with van der Waals surface area (Å²) in [6.45, 7) is 1.13. The maximum absolute atomic E-state index is 5.69. The molecule has 0 saturated carbocycles. The Bertz CT molecular complexity index is 457. The Morgan fingerprint density at radius 1 is 1.21 bits per heavy atom. The minimum absolute atomic E-state index is 0.565. The highest BCUT2D eigenvalue weighted by molar-refractivity contribution is 5.84. The van der Waals surface area contributed by atoms with Gasteiger partial charge in [0, 0.05) is 31.2 Å². The number of rotatable bonds is 2. The molecule has 0 bridgehead atoms. The molecule has 0 aliphatic rings. The van der Waals surface area contributed by atoms with Crippen LogP contribution in [0.15, 0.2) is 24.3 Å². The van der Waals surface area contributed by atoms with Crippen LogP contribution in [0.2, 0.25) is 0 Å². The zero-order chi connectivity index (χ0) is 10.1. The summed E-state index contributed by atoms with van der Waals surface area (Å²) in [7, 11) is 2.03. The Labute approximate surface area is 83.3 Å². The van der Waals surface area contributed by atoms with E-state index in [4.69, 9.17) is 11.5 Å². The fraction of sp³-hybridized carbons (Fsp3) is 0.273. The van der Waals surface area contributed by atoms with Crippen LogP contribution in [0.3, 0.4) is 0 Å². The molecule has 3 heteroatoms. The number of nitrogens with two attached hydrogens (primary N) is 2. The van der Waals surface area contributed by atoms with E-state index in [0.29, 0.717) is 13.1 Å². The molecule has 14 heavy (non-hydrogen) atoms. The molecule has 0 amide bonds. The first-order valence-electron chi connectivity index (χ1n) is 4.74. The molecule has 0 radical (unpaired) electrons. The molecule has 0 unspecified atom stereocenters. The number of hydrogen-bond acceptors (Lipinski definition) is 2. The summed E-state index contributed by atoms with van der Waals surface area (Å²) in [6.07, 6.45) is 0. The normalized spacial score (nSPS) is 11.1. The van der Waals surface area contributed by atoms with Gasteiger partial charge in [0.05, 0.1) is 5.52 Å². The number of aryl methyl sites for hydroxylation is 1. The molecule has 74 valence electrons. The van der Waals surface area contributed by atoms with Crippen LogP contribution in [0.25, 0.3) is 10.9 Å². The van der Waals surface area contributed by atoms with Gasteiger partial charge >= 0.3 is 0 Å². The van der Waals surface area contributed by atoms with Crippen LogP contribution in [-0.2, 0) is 20.1 Å². The second-order valence-electron chi connectivity index (χ2n) is 3.46. The molecule has 0 saturated heterocycles. The number of hydrogen-bond donors (Lipinski definition) is 2. The lowest BCUT2D eigenvalue weighted by atomic mass is 10.1. The van der Waals surface area contributed by atoms with Crippen LogP contribution in [0.5, 0.6) is 0 Å². The van der Waals surface area contributed by atoms with Gasteiger partial charge in [-0.2, -0.15) is 0 Å². The van der Waals surface area contributed by atoms with Crippen LogP contribution < -0.4 is 11.5 Å². The summed E-state index contributed by atoms with van der Waals surface area (Å²) in [5, 5.41) is 1.22. The molecule has 4 N–H and O–H groups in total. The maximum Gasteiger partial charge on any atom is 0.0525 e. The molecule has 0 aliphatic heterocycles. The third-order valence-electron chi connectivity index (χ3n) is 2.67. The van der Waals surface area contributed by atoms with E-state index in [1.54, 1.807) is 0 Å². The summed E-state index contributed by atoms with van der Waals surface area (Å²) >= 11 is 0. The van der Waals surface area contributed by atoms with E-state index in [0.717, 1.165) is 5.69 Å². The van der Waals surface area contributed by atoms with Crippen LogP contribution in [0.4, 0.5) is 0 Å². The van der Waals surface area contributed by atoms with E-state index in [-0.39, 0.29) is 0 Å². The summed E-state index contributed by atoms with van der Waals surface area (Å²) in [5.41, 5.74) is 14.9. The Morgan fingerprint density at radius 3 is 2.64 bits per heavy atom. The molecule has 0 fully saturated rings. The van der Waals surface area contributed by atoms with Gasteiger partial charge in [-0.3, -0.25) is 0 Å². The van der Waals surface area contributed by atoms with Gasteiger partial charge < -0.3 is 16.0 Å². The lowest BCUT2D eigenvalue weighted by molar-refractivity contribution is 0.843. The van der Waals surface area contributed by atoms with Crippen molar-refractivity contribution in [3.8, 4) is 0 Å². The Kier molecular flexibility index (Phi) is 2.27. The molecule has 0 aliphatic carbocycles. The van der Waals surface area contributed by atoms with E-state index in [1.165, 1.54) is 16.5 Å². The monoisotopic (exact) mass is 189 g/mol. The minimum atomic E-state index is 0.565. The first-order chi connectivity index (χ1) is 6.77. The molecular weight excluding hydrogens is 174 g/mol. The highest BCUT2D eigenvalue weighted by atomic mass is 15.0. The molecule has 1 heterocycles. The Morgan fingerprint density at radius 2 is 2.00 bits per heavy atom. The number of fused-ring (bicyclic) bond motifs is 1. The van der Waals surface area contributed by atoms with Gasteiger partial charge in [0.1, 0.15) is 0 Å². The minimum Gasteiger partial charge on any atom is -0.346 e. The number of aromatic nitrogens is 1. The van der Waals surface area contributed by atoms with Gasteiger partial charge in [-0.15, -0.1) is 0 Å². The van der Waals surface area contributed by atoms with Crippen LogP contribution >= 0.6 is 0 Å². The van der Waals surface area contributed by atoms with Gasteiger partial charge in [0.15, 0.2) is 0 Å². The largest absolute Gasteiger partial charge is 0.346 e. The maximum atomic E-state index is 5.69. The Balaban J connectivity index is 2.79. The second kappa shape index (κ2) is 3.44. The van der Waals surface area contributed by atoms with Crippen molar-refractivity contribution in [2.75, 3.05) is 0 Å². The van der Waals surface area contributed by atoms with Gasteiger partial charge in [-0.1, -0.05) is 18.2 Å². The fourth-order valence-corrected chi connectivity index (χ4v) is 1.92. The Hall–Kier alpha value is -1.32. The van der Waals surface area contributed by atoms with Crippen molar-refractivity contribution in [3.05, 3.63) is 35.5 Å². The van der Waals surface area contributed by atoms with Crippen molar-refractivity contribution in [2.45, 2.75) is 13.1 Å². The molecular formula is C11H15N3. The molecule has 2 aromatic rings. The van der Waals surface area contributed by atoms with Crippen molar-refractivity contribution in [1.82, 2.24) is 4.57 Å². The fourth-order valence-electron chi connectivity index (χ4n) is 1.92. The molecule has 3 nitrogen and oxygen atoms in total. The number of nitrogens with zero attached hydrogens (tertiary/aromatic N) is 1. The molecule has 1 aromatic carbocycles. The lowest BCUT2D eigenvalue weighted by Crippen LogP contribution is -2.05. The predicted octanol–water partition coefficient (Wildman–Crippen LogP) is 1.10. The van der Waals surface area contributed by atoms with Crippen LogP contribution in [-0.4, -0.2) is 4.57 Å². The first kappa shape index (κ1) is 9.24. The van der Waals surface area contributed by atoms with Gasteiger partial charge in [0.2, 0.25) is 0 Å². The van der Waals surface area contributed by atoms with Crippen molar-refractivity contribution < 1.29 is 0 Å².